The molecule has 0 spiro atoms. The van der Waals surface area contributed by atoms with Crippen LogP contribution in [0.25, 0.3) is 0 Å². The van der Waals surface area contributed by atoms with E-state index in [9.17, 15) is 14.9 Å². The fourth-order valence-corrected chi connectivity index (χ4v) is 2.19. The van der Waals surface area contributed by atoms with Crippen molar-refractivity contribution in [1.82, 2.24) is 9.13 Å². The standard InChI is InChI=1S/C16H18N4O3/c1-4-23-10-11-6-5-7-12(8-11)18-14-13(9-17)15(21)20(3)16(22)19(14)2/h5-8,18H,4,10H2,1-3H3. The minimum atomic E-state index is -0.622. The first kappa shape index (κ1) is 16.5. The third-order valence-electron chi connectivity index (χ3n) is 3.44. The molecule has 0 atom stereocenters. The second-order valence-electron chi connectivity index (χ2n) is 5.00. The summed E-state index contributed by atoms with van der Waals surface area (Å²) >= 11 is 0. The maximum Gasteiger partial charge on any atom is 0.332 e. The maximum atomic E-state index is 12.1. The van der Waals surface area contributed by atoms with Gasteiger partial charge in [0.1, 0.15) is 11.9 Å². The highest BCUT2D eigenvalue weighted by molar-refractivity contribution is 5.63. The van der Waals surface area contributed by atoms with Crippen LogP contribution >= 0.6 is 0 Å². The monoisotopic (exact) mass is 314 g/mol. The lowest BCUT2D eigenvalue weighted by Crippen LogP contribution is -2.39. The molecule has 2 aromatic rings. The molecule has 0 fully saturated rings. The van der Waals surface area contributed by atoms with Gasteiger partial charge in [0, 0.05) is 26.4 Å². The Hall–Kier alpha value is -2.85. The number of nitriles is 1. The normalized spacial score (nSPS) is 10.3. The van der Waals surface area contributed by atoms with E-state index < -0.39 is 11.2 Å². The number of hydrogen-bond donors (Lipinski definition) is 1. The van der Waals surface area contributed by atoms with E-state index in [1.54, 1.807) is 6.07 Å². The number of anilines is 2. The molecule has 0 aliphatic carbocycles. The SMILES string of the molecule is CCOCc1cccc(Nc2c(C#N)c(=O)n(C)c(=O)n2C)c1. The van der Waals surface area contributed by atoms with Gasteiger partial charge in [0.05, 0.1) is 6.61 Å². The van der Waals surface area contributed by atoms with Gasteiger partial charge < -0.3 is 10.1 Å². The Morgan fingerprint density at radius 2 is 2.00 bits per heavy atom. The zero-order chi connectivity index (χ0) is 17.0. The molecular weight excluding hydrogens is 296 g/mol. The number of benzene rings is 1. The number of nitrogens with zero attached hydrogens (tertiary/aromatic N) is 3. The Morgan fingerprint density at radius 3 is 2.65 bits per heavy atom. The van der Waals surface area contributed by atoms with E-state index in [0.717, 1.165) is 10.1 Å². The number of hydrogen-bond acceptors (Lipinski definition) is 5. The molecule has 7 nitrogen and oxygen atoms in total. The highest BCUT2D eigenvalue weighted by Gasteiger charge is 2.15. The van der Waals surface area contributed by atoms with Gasteiger partial charge in [-0.1, -0.05) is 12.1 Å². The zero-order valence-corrected chi connectivity index (χ0v) is 13.3. The highest BCUT2D eigenvalue weighted by Crippen LogP contribution is 2.18. The predicted molar refractivity (Wildman–Crippen MR) is 86.7 cm³/mol. The second kappa shape index (κ2) is 6.94. The topological polar surface area (TPSA) is 89.1 Å². The van der Waals surface area contributed by atoms with Crippen molar-refractivity contribution >= 4 is 11.5 Å². The summed E-state index contributed by atoms with van der Waals surface area (Å²) in [6.45, 7) is 2.99. The quantitative estimate of drug-likeness (QED) is 0.897. The van der Waals surface area contributed by atoms with Crippen LogP contribution in [0.5, 0.6) is 0 Å². The molecule has 2 rings (SSSR count). The molecule has 0 saturated carbocycles. The average molecular weight is 314 g/mol. The zero-order valence-electron chi connectivity index (χ0n) is 13.3. The van der Waals surface area contributed by atoms with E-state index in [2.05, 4.69) is 5.32 Å². The Labute approximate surface area is 133 Å². The van der Waals surface area contributed by atoms with E-state index in [1.165, 1.54) is 18.7 Å². The van der Waals surface area contributed by atoms with Gasteiger partial charge in [0.25, 0.3) is 5.56 Å². The van der Waals surface area contributed by atoms with Crippen LogP contribution in [0.1, 0.15) is 18.1 Å². The molecule has 23 heavy (non-hydrogen) atoms. The van der Waals surface area contributed by atoms with Crippen molar-refractivity contribution in [2.45, 2.75) is 13.5 Å². The summed E-state index contributed by atoms with van der Waals surface area (Å²) in [7, 11) is 2.85. The molecular formula is C16H18N4O3. The molecule has 0 amide bonds. The summed E-state index contributed by atoms with van der Waals surface area (Å²) in [6, 6.07) is 9.24. The summed E-state index contributed by atoms with van der Waals surface area (Å²) < 4.78 is 7.52. The van der Waals surface area contributed by atoms with Gasteiger partial charge in [-0.25, -0.2) is 4.79 Å². The summed E-state index contributed by atoms with van der Waals surface area (Å²) in [4.78, 5) is 24.1. The minimum Gasteiger partial charge on any atom is -0.377 e. The molecule has 0 saturated heterocycles. The molecule has 0 bridgehead atoms. The van der Waals surface area contributed by atoms with E-state index >= 15 is 0 Å². The summed E-state index contributed by atoms with van der Waals surface area (Å²) in [6.07, 6.45) is 0. The largest absolute Gasteiger partial charge is 0.377 e. The van der Waals surface area contributed by atoms with Crippen molar-refractivity contribution in [2.24, 2.45) is 14.1 Å². The fourth-order valence-electron chi connectivity index (χ4n) is 2.19. The van der Waals surface area contributed by atoms with Crippen molar-refractivity contribution in [3.05, 3.63) is 56.2 Å². The van der Waals surface area contributed by atoms with E-state index in [0.29, 0.717) is 18.9 Å². The lowest BCUT2D eigenvalue weighted by Gasteiger charge is -2.14. The van der Waals surface area contributed by atoms with Crippen LogP contribution in [-0.2, 0) is 25.4 Å². The molecule has 1 aromatic carbocycles. The first-order chi connectivity index (χ1) is 11.0. The third-order valence-corrected chi connectivity index (χ3v) is 3.44. The number of nitrogens with one attached hydrogen (secondary N) is 1. The minimum absolute atomic E-state index is 0.107. The van der Waals surface area contributed by atoms with Crippen LogP contribution in [0.15, 0.2) is 33.9 Å². The molecule has 7 heteroatoms. The van der Waals surface area contributed by atoms with E-state index in [4.69, 9.17) is 4.74 Å². The first-order valence-corrected chi connectivity index (χ1v) is 7.13. The smallest absolute Gasteiger partial charge is 0.332 e. The van der Waals surface area contributed by atoms with Gasteiger partial charge in [-0.2, -0.15) is 5.26 Å². The lowest BCUT2D eigenvalue weighted by atomic mass is 10.2. The van der Waals surface area contributed by atoms with Crippen LogP contribution in [-0.4, -0.2) is 15.7 Å². The summed E-state index contributed by atoms with van der Waals surface area (Å²) in [5.74, 6) is 0.175. The van der Waals surface area contributed by atoms with E-state index in [-0.39, 0.29) is 11.4 Å². The van der Waals surface area contributed by atoms with Crippen molar-refractivity contribution in [3.63, 3.8) is 0 Å². The number of rotatable bonds is 5. The molecule has 0 aliphatic rings. The molecule has 1 aromatic heterocycles. The van der Waals surface area contributed by atoms with Gasteiger partial charge in [-0.3, -0.25) is 13.9 Å². The van der Waals surface area contributed by atoms with Crippen LogP contribution in [0.4, 0.5) is 11.5 Å². The van der Waals surface area contributed by atoms with E-state index in [1.807, 2.05) is 31.2 Å². The van der Waals surface area contributed by atoms with Crippen LogP contribution in [0, 0.1) is 11.3 Å². The maximum absolute atomic E-state index is 12.1. The molecule has 1 heterocycles. The predicted octanol–water partition coefficient (Wildman–Crippen LogP) is 1.24. The van der Waals surface area contributed by atoms with Gasteiger partial charge in [-0.05, 0) is 24.6 Å². The molecule has 1 N–H and O–H groups in total. The average Bonchev–Trinajstić information content (AvgIpc) is 2.56. The Morgan fingerprint density at radius 1 is 1.26 bits per heavy atom. The Bertz CT molecular complexity index is 874. The van der Waals surface area contributed by atoms with Crippen LogP contribution in [0.2, 0.25) is 0 Å². The molecule has 0 radical (unpaired) electrons. The van der Waals surface area contributed by atoms with Gasteiger partial charge in [0.2, 0.25) is 0 Å². The third kappa shape index (κ3) is 3.33. The molecule has 0 unspecified atom stereocenters. The fraction of sp³-hybridized carbons (Fsp3) is 0.312. The van der Waals surface area contributed by atoms with Crippen LogP contribution in [0.3, 0.4) is 0 Å². The molecule has 120 valence electrons. The number of aromatic nitrogens is 2. The van der Waals surface area contributed by atoms with Gasteiger partial charge in [-0.15, -0.1) is 0 Å². The van der Waals surface area contributed by atoms with Crippen LogP contribution < -0.4 is 16.6 Å². The van der Waals surface area contributed by atoms with Gasteiger partial charge >= 0.3 is 5.69 Å². The highest BCUT2D eigenvalue weighted by atomic mass is 16.5. The van der Waals surface area contributed by atoms with Crippen molar-refractivity contribution in [3.8, 4) is 6.07 Å². The van der Waals surface area contributed by atoms with Gasteiger partial charge in [0.15, 0.2) is 5.56 Å². The lowest BCUT2D eigenvalue weighted by molar-refractivity contribution is 0.134. The summed E-state index contributed by atoms with van der Waals surface area (Å²) in [5, 5.41) is 12.2. The molecule has 0 aliphatic heterocycles. The Balaban J connectivity index is 2.47. The van der Waals surface area contributed by atoms with Crippen molar-refractivity contribution in [1.29, 1.82) is 5.26 Å². The second-order valence-corrected chi connectivity index (χ2v) is 5.00. The Kier molecular flexibility index (Phi) is 4.98. The first-order valence-electron chi connectivity index (χ1n) is 7.13. The van der Waals surface area contributed by atoms with Crippen molar-refractivity contribution in [2.75, 3.05) is 11.9 Å². The summed E-state index contributed by atoms with van der Waals surface area (Å²) in [5.41, 5.74) is 0.390. The van der Waals surface area contributed by atoms with Crippen molar-refractivity contribution < 1.29 is 4.74 Å². The number of ether oxygens (including phenoxy) is 1.